The van der Waals surface area contributed by atoms with Gasteiger partial charge in [0.05, 0.1) is 0 Å². The third kappa shape index (κ3) is 5.95. The Morgan fingerprint density at radius 2 is 2.00 bits per heavy atom. The molecule has 3 aromatic rings. The average molecular weight is 464 g/mol. The molecule has 4 atom stereocenters. The van der Waals surface area contributed by atoms with E-state index < -0.39 is 5.23 Å². The van der Waals surface area contributed by atoms with E-state index in [4.69, 9.17) is 9.62 Å². The molecule has 0 bridgehead atoms. The zero-order chi connectivity index (χ0) is 24.1. The van der Waals surface area contributed by atoms with Gasteiger partial charge in [-0.15, -0.1) is 10.2 Å². The van der Waals surface area contributed by atoms with Crippen molar-refractivity contribution in [2.24, 2.45) is 23.7 Å². The van der Waals surface area contributed by atoms with Gasteiger partial charge in [-0.25, -0.2) is 5.21 Å². The molecule has 0 aliphatic heterocycles. The van der Waals surface area contributed by atoms with Gasteiger partial charge in [0.25, 0.3) is 0 Å². The van der Waals surface area contributed by atoms with E-state index in [9.17, 15) is 5.21 Å². The van der Waals surface area contributed by atoms with Crippen LogP contribution in [0.25, 0.3) is 11.5 Å². The van der Waals surface area contributed by atoms with Crippen LogP contribution >= 0.6 is 0 Å². The number of nitrogens with one attached hydrogen (secondary N) is 2. The van der Waals surface area contributed by atoms with Crippen molar-refractivity contribution < 1.29 is 14.9 Å². The third-order valence-electron chi connectivity index (χ3n) is 6.78. The highest BCUT2D eigenvalue weighted by atomic mass is 16.8. The molecule has 1 aromatic carbocycles. The maximum absolute atomic E-state index is 11.1. The molecule has 0 saturated carbocycles. The lowest BCUT2D eigenvalue weighted by molar-refractivity contribution is -0.991. The maximum atomic E-state index is 11.1. The summed E-state index contributed by atoms with van der Waals surface area (Å²) in [5.74, 6) is 3.03. The normalized spacial score (nSPS) is 21.5. The van der Waals surface area contributed by atoms with Crippen LogP contribution in [0.3, 0.4) is 0 Å². The quantitative estimate of drug-likeness (QED) is 0.327. The Balaban J connectivity index is 1.40. The Morgan fingerprint density at radius 1 is 1.21 bits per heavy atom. The van der Waals surface area contributed by atoms with E-state index in [1.807, 2.05) is 12.3 Å². The van der Waals surface area contributed by atoms with Gasteiger partial charge in [0.15, 0.2) is 5.69 Å². The van der Waals surface area contributed by atoms with Crippen LogP contribution < -0.4 is 10.5 Å². The first kappa shape index (κ1) is 24.2. The van der Waals surface area contributed by atoms with Gasteiger partial charge in [0.2, 0.25) is 11.8 Å². The van der Waals surface area contributed by atoms with E-state index >= 15 is 0 Å². The van der Waals surface area contributed by atoms with Crippen molar-refractivity contribution in [2.45, 2.75) is 40.2 Å². The highest BCUT2D eigenvalue weighted by Crippen LogP contribution is 2.38. The molecular formula is C26H33N5O3. The molecule has 1 aliphatic carbocycles. The maximum Gasteiger partial charge on any atom is 0.247 e. The first-order chi connectivity index (χ1) is 16.4. The second-order valence-electron chi connectivity index (χ2n) is 9.49. The highest BCUT2D eigenvalue weighted by Gasteiger charge is 2.32. The first-order valence-electron chi connectivity index (χ1n) is 11.8. The lowest BCUT2D eigenvalue weighted by Crippen LogP contribution is -2.99. The van der Waals surface area contributed by atoms with E-state index in [-0.39, 0.29) is 5.69 Å². The Labute approximate surface area is 200 Å². The van der Waals surface area contributed by atoms with Gasteiger partial charge in [0.1, 0.15) is 0 Å². The number of quaternary nitrogens is 1. The Hall–Kier alpha value is -2.91. The molecule has 0 fully saturated rings. The number of hydrogen-bond acceptors (Lipinski definition) is 7. The Kier molecular flexibility index (Phi) is 7.84. The lowest BCUT2D eigenvalue weighted by atomic mass is 9.70. The van der Waals surface area contributed by atoms with Crippen LogP contribution in [0.4, 0.5) is 5.69 Å². The molecular weight excluding hydrogens is 430 g/mol. The van der Waals surface area contributed by atoms with Crippen molar-refractivity contribution in [2.75, 3.05) is 6.54 Å². The zero-order valence-electron chi connectivity index (χ0n) is 19.9. The predicted octanol–water partition coefficient (Wildman–Crippen LogP) is 3.72. The fourth-order valence-electron chi connectivity index (χ4n) is 4.81. The summed E-state index contributed by atoms with van der Waals surface area (Å²) in [6, 6.07) is 10.6. The van der Waals surface area contributed by atoms with Crippen LogP contribution in [-0.4, -0.2) is 26.9 Å². The minimum absolute atomic E-state index is 0.232. The number of benzene rings is 1. The molecule has 34 heavy (non-hydrogen) atoms. The van der Waals surface area contributed by atoms with Crippen LogP contribution in [-0.2, 0) is 13.0 Å². The van der Waals surface area contributed by atoms with Gasteiger partial charge in [-0.3, -0.25) is 4.98 Å². The largest absolute Gasteiger partial charge is 0.595 e. The van der Waals surface area contributed by atoms with Gasteiger partial charge in [-0.1, -0.05) is 31.6 Å². The van der Waals surface area contributed by atoms with E-state index in [2.05, 4.69) is 53.4 Å². The molecule has 2 heterocycles. The van der Waals surface area contributed by atoms with Crippen LogP contribution in [0.15, 0.2) is 64.9 Å². The molecule has 0 radical (unpaired) electrons. The zero-order valence-corrected chi connectivity index (χ0v) is 19.9. The predicted molar refractivity (Wildman–Crippen MR) is 129 cm³/mol. The average Bonchev–Trinajstić information content (AvgIpc) is 3.30. The van der Waals surface area contributed by atoms with Gasteiger partial charge >= 0.3 is 0 Å². The summed E-state index contributed by atoms with van der Waals surface area (Å²) < 4.78 is 5.94. The van der Waals surface area contributed by atoms with E-state index in [1.165, 1.54) is 11.1 Å². The molecule has 1 unspecified atom stereocenters. The van der Waals surface area contributed by atoms with Crippen molar-refractivity contribution in [1.29, 1.82) is 0 Å². The van der Waals surface area contributed by atoms with Gasteiger partial charge in [-0.2, -0.15) is 5.23 Å². The molecule has 0 saturated heterocycles. The Bertz CT molecular complexity index is 1080. The number of pyridine rings is 1. The number of allylic oxidation sites excluding steroid dienone is 1. The number of aromatic nitrogens is 3. The van der Waals surface area contributed by atoms with Crippen molar-refractivity contribution in [1.82, 2.24) is 20.5 Å². The molecule has 4 rings (SSSR count). The highest BCUT2D eigenvalue weighted by molar-refractivity contribution is 5.55. The topological polar surface area (TPSA) is 112 Å². The number of hydrogen-bond donors (Lipinski definition) is 3. The minimum atomic E-state index is -0.956. The SMILES string of the molecule is CC1=C[C@@H](CNCc2cccnc2)[C@H](C(C)C)C[C@H]1Cc1nnc(-c2ccc([NH+]([O-])O)cc2)o1. The molecule has 180 valence electrons. The summed E-state index contributed by atoms with van der Waals surface area (Å²) in [7, 11) is 0. The molecule has 2 aromatic heterocycles. The smallest absolute Gasteiger partial charge is 0.247 e. The molecule has 3 N–H and O–H groups in total. The molecule has 0 spiro atoms. The number of rotatable bonds is 9. The Morgan fingerprint density at radius 3 is 2.68 bits per heavy atom. The van der Waals surface area contributed by atoms with Gasteiger partial charge in [0, 0.05) is 49.6 Å². The second-order valence-corrected chi connectivity index (χ2v) is 9.49. The summed E-state index contributed by atoms with van der Waals surface area (Å²) in [5, 5.41) is 31.3. The van der Waals surface area contributed by atoms with Gasteiger partial charge in [-0.05, 0) is 60.8 Å². The van der Waals surface area contributed by atoms with E-state index in [0.717, 1.165) is 25.1 Å². The summed E-state index contributed by atoms with van der Waals surface area (Å²) in [5.41, 5.74) is 3.52. The fraction of sp³-hybridized carbons (Fsp3) is 0.423. The first-order valence-corrected chi connectivity index (χ1v) is 11.8. The molecule has 8 heteroatoms. The molecule has 0 amide bonds. The molecule has 8 nitrogen and oxygen atoms in total. The second kappa shape index (κ2) is 11.0. The van der Waals surface area contributed by atoms with Crippen molar-refractivity contribution in [3.8, 4) is 11.5 Å². The summed E-state index contributed by atoms with van der Waals surface area (Å²) in [6.07, 6.45) is 7.93. The standard InChI is InChI=1S/C26H33N5O3/c1-17(2)24-12-21(18(3)11-22(24)16-28-15-19-5-4-10-27-14-19)13-25-29-30-26(34-25)20-6-8-23(9-7-20)31(32)33/h4-11,14,17,21-22,24,28,31-32H,12-13,15-16H2,1-3H3/t21-,22-,24-/m0/s1. The summed E-state index contributed by atoms with van der Waals surface area (Å²) in [4.78, 5) is 4.19. The molecule has 1 aliphatic rings. The lowest BCUT2D eigenvalue weighted by Gasteiger charge is -2.37. The third-order valence-corrected chi connectivity index (χ3v) is 6.78. The van der Waals surface area contributed by atoms with Crippen LogP contribution in [0.5, 0.6) is 0 Å². The van der Waals surface area contributed by atoms with E-state index in [1.54, 1.807) is 30.5 Å². The minimum Gasteiger partial charge on any atom is -0.595 e. The van der Waals surface area contributed by atoms with Crippen LogP contribution in [0, 0.1) is 28.9 Å². The van der Waals surface area contributed by atoms with Crippen molar-refractivity contribution in [3.05, 3.63) is 77.1 Å². The van der Waals surface area contributed by atoms with Gasteiger partial charge < -0.3 is 14.9 Å². The van der Waals surface area contributed by atoms with Crippen molar-refractivity contribution in [3.63, 3.8) is 0 Å². The number of nitrogens with zero attached hydrogens (tertiary/aromatic N) is 3. The van der Waals surface area contributed by atoms with Crippen LogP contribution in [0.1, 0.15) is 38.6 Å². The summed E-state index contributed by atoms with van der Waals surface area (Å²) in [6.45, 7) is 8.58. The fourth-order valence-corrected chi connectivity index (χ4v) is 4.81. The van der Waals surface area contributed by atoms with Crippen LogP contribution in [0.2, 0.25) is 0 Å². The van der Waals surface area contributed by atoms with Crippen molar-refractivity contribution >= 4 is 5.69 Å². The summed E-state index contributed by atoms with van der Waals surface area (Å²) >= 11 is 0. The van der Waals surface area contributed by atoms with E-state index in [0.29, 0.717) is 41.9 Å². The monoisotopic (exact) mass is 463 g/mol.